The molecule has 0 spiro atoms. The first-order valence-electron chi connectivity index (χ1n) is 25.8. The van der Waals surface area contributed by atoms with Crippen LogP contribution in [0.3, 0.4) is 0 Å². The minimum Gasteiger partial charge on any atom is -0.466 e. The van der Waals surface area contributed by atoms with Crippen LogP contribution in [0.2, 0.25) is 0 Å². The summed E-state index contributed by atoms with van der Waals surface area (Å²) in [7, 11) is 3.63. The third-order valence-corrected chi connectivity index (χ3v) is 11.4. The molecule has 2 unspecified atom stereocenters. The average Bonchev–Trinajstić information content (AvgIpc) is 4.05. The molecule has 0 amide bonds. The fraction of sp³-hybridized carbons (Fsp3) is 0.882. The molecule has 15 heteroatoms. The maximum Gasteiger partial charge on any atom is 0.351 e. The number of epoxide rings is 1. The summed E-state index contributed by atoms with van der Waals surface area (Å²) >= 11 is 0. The van der Waals surface area contributed by atoms with Gasteiger partial charge in [-0.2, -0.15) is 0 Å². The Morgan fingerprint density at radius 3 is 1.21 bits per heavy atom. The van der Waals surface area contributed by atoms with Crippen molar-refractivity contribution in [2.75, 3.05) is 66.9 Å². The summed E-state index contributed by atoms with van der Waals surface area (Å²) in [6.07, 6.45) is 20.9. The summed E-state index contributed by atoms with van der Waals surface area (Å²) in [5.74, 6) is -4.15. The van der Waals surface area contributed by atoms with Crippen molar-refractivity contribution in [2.45, 2.75) is 225 Å². The lowest BCUT2D eigenvalue weighted by molar-refractivity contribution is -0.197. The van der Waals surface area contributed by atoms with Crippen molar-refractivity contribution in [1.82, 2.24) is 4.90 Å². The Kier molecular flexibility index (Phi) is 36.5. The first-order chi connectivity index (χ1) is 31.9. The first-order valence-corrected chi connectivity index (χ1v) is 25.8. The van der Waals surface area contributed by atoms with Crippen LogP contribution in [-0.2, 0) is 66.7 Å². The lowest BCUT2D eigenvalue weighted by Crippen LogP contribution is -2.50. The molecule has 0 aromatic heterocycles. The molecule has 0 N–H and O–H groups in total. The smallest absolute Gasteiger partial charge is 0.351 e. The molecule has 0 radical (unpaired) electrons. The fourth-order valence-electron chi connectivity index (χ4n) is 7.22. The van der Waals surface area contributed by atoms with E-state index in [9.17, 15) is 28.8 Å². The summed E-state index contributed by atoms with van der Waals surface area (Å²) in [5, 5.41) is 0. The normalized spacial score (nSPS) is 15.2. The van der Waals surface area contributed by atoms with E-state index in [0.717, 1.165) is 109 Å². The highest BCUT2D eigenvalue weighted by atomic mass is 16.8. The van der Waals surface area contributed by atoms with Gasteiger partial charge in [0.1, 0.15) is 6.61 Å². The Hall–Kier alpha value is -3.30. The van der Waals surface area contributed by atoms with Crippen molar-refractivity contribution >= 4 is 35.8 Å². The van der Waals surface area contributed by atoms with Crippen LogP contribution in [0.4, 0.5) is 0 Å². The molecule has 0 aromatic carbocycles. The number of unbranched alkanes of at least 4 members (excludes halogenated alkanes) is 18. The SMILES string of the molecule is CCCCCCOC(=O)CCCCCCOC(=O)CC(CC1(OCCCCCCC(=O)OCCCCCC)CO1)(OC(=O)CCN(C)C)C(=O)OCCCCCCC(=O)OCCCCCC. The Balaban J connectivity index is 2.87. The third kappa shape index (κ3) is 33.2. The lowest BCUT2D eigenvalue weighted by Gasteiger charge is -2.33. The minimum absolute atomic E-state index is 0.0142. The molecule has 0 bridgehead atoms. The van der Waals surface area contributed by atoms with Gasteiger partial charge < -0.3 is 42.8 Å². The molecule has 1 rings (SSSR count). The Bertz CT molecular complexity index is 1300. The lowest BCUT2D eigenvalue weighted by atomic mass is 9.91. The Morgan fingerprint density at radius 2 is 0.818 bits per heavy atom. The molecule has 1 saturated heterocycles. The summed E-state index contributed by atoms with van der Waals surface area (Å²) in [6.45, 7) is 8.63. The summed E-state index contributed by atoms with van der Waals surface area (Å²) < 4.78 is 45.3. The van der Waals surface area contributed by atoms with Gasteiger partial charge in [-0.3, -0.25) is 24.0 Å². The number of rotatable bonds is 46. The standard InChI is InChI=1S/C51H91NO14/c1-6-9-12-24-35-59-44(53)30-21-15-18-27-38-62-48(57)41-50(66-47(56)33-34-52(4)5,49(58)63-39-28-19-16-22-31-45(54)60-36-25-13-10-7-2)42-51(43-65-51)64-40-29-20-17-23-32-46(55)61-37-26-14-11-8-3/h6-43H2,1-5H3. The number of hydrogen-bond donors (Lipinski definition) is 0. The van der Waals surface area contributed by atoms with Crippen molar-refractivity contribution in [3.8, 4) is 0 Å². The minimum atomic E-state index is -2.08. The van der Waals surface area contributed by atoms with Gasteiger partial charge in [0, 0.05) is 25.8 Å². The van der Waals surface area contributed by atoms with Crippen LogP contribution in [0.15, 0.2) is 0 Å². The molecule has 1 aliphatic rings. The van der Waals surface area contributed by atoms with Gasteiger partial charge in [0.05, 0.1) is 58.9 Å². The van der Waals surface area contributed by atoms with E-state index in [2.05, 4.69) is 20.8 Å². The third-order valence-electron chi connectivity index (χ3n) is 11.4. The van der Waals surface area contributed by atoms with Crippen molar-refractivity contribution in [1.29, 1.82) is 0 Å². The summed E-state index contributed by atoms with van der Waals surface area (Å²) in [6, 6.07) is 0. The molecule has 1 heterocycles. The molecule has 2 atom stereocenters. The molecule has 384 valence electrons. The maximum absolute atomic E-state index is 14.2. The van der Waals surface area contributed by atoms with Crippen molar-refractivity contribution in [3.63, 3.8) is 0 Å². The van der Waals surface area contributed by atoms with Gasteiger partial charge in [-0.05, 0) is 71.9 Å². The Labute approximate surface area is 398 Å². The average molecular weight is 942 g/mol. The molecule has 66 heavy (non-hydrogen) atoms. The van der Waals surface area contributed by atoms with E-state index in [1.165, 1.54) is 0 Å². The van der Waals surface area contributed by atoms with Gasteiger partial charge in [0.25, 0.3) is 0 Å². The molecule has 1 fully saturated rings. The van der Waals surface area contributed by atoms with Crippen LogP contribution in [0.25, 0.3) is 0 Å². The van der Waals surface area contributed by atoms with E-state index in [-0.39, 0.29) is 57.2 Å². The van der Waals surface area contributed by atoms with Crippen LogP contribution in [-0.4, -0.2) is 119 Å². The highest BCUT2D eigenvalue weighted by Gasteiger charge is 2.59. The Morgan fingerprint density at radius 1 is 0.455 bits per heavy atom. The molecule has 15 nitrogen and oxygen atoms in total. The van der Waals surface area contributed by atoms with Crippen molar-refractivity contribution in [2.24, 2.45) is 0 Å². The second kappa shape index (κ2) is 39.7. The molecule has 0 aromatic rings. The monoisotopic (exact) mass is 942 g/mol. The van der Waals surface area contributed by atoms with Gasteiger partial charge in [0.2, 0.25) is 5.60 Å². The molecule has 1 aliphatic heterocycles. The van der Waals surface area contributed by atoms with E-state index in [0.29, 0.717) is 90.6 Å². The zero-order valence-corrected chi connectivity index (χ0v) is 42.0. The number of nitrogens with zero attached hydrogens (tertiary/aromatic N) is 1. The highest BCUT2D eigenvalue weighted by Crippen LogP contribution is 2.41. The van der Waals surface area contributed by atoms with Gasteiger partial charge in [-0.1, -0.05) is 117 Å². The predicted molar refractivity (Wildman–Crippen MR) is 252 cm³/mol. The van der Waals surface area contributed by atoms with Crippen LogP contribution in [0.1, 0.15) is 213 Å². The van der Waals surface area contributed by atoms with Crippen LogP contribution < -0.4 is 0 Å². The zero-order valence-electron chi connectivity index (χ0n) is 42.0. The number of carbonyl (C=O) groups is 6. The molecule has 0 saturated carbocycles. The van der Waals surface area contributed by atoms with Gasteiger partial charge in [0.15, 0.2) is 5.79 Å². The van der Waals surface area contributed by atoms with Crippen LogP contribution in [0.5, 0.6) is 0 Å². The number of carbonyl (C=O) groups excluding carboxylic acids is 6. The van der Waals surface area contributed by atoms with E-state index in [4.69, 9.17) is 37.9 Å². The largest absolute Gasteiger partial charge is 0.466 e. The van der Waals surface area contributed by atoms with Gasteiger partial charge in [-0.15, -0.1) is 0 Å². The molecule has 0 aliphatic carbocycles. The fourth-order valence-corrected chi connectivity index (χ4v) is 7.22. The first kappa shape index (κ1) is 60.7. The quantitative estimate of drug-likeness (QED) is 0.0243. The van der Waals surface area contributed by atoms with Gasteiger partial charge in [-0.25, -0.2) is 4.79 Å². The number of esters is 6. The van der Waals surface area contributed by atoms with E-state index < -0.39 is 35.7 Å². The molecular formula is C51H91NO14. The highest BCUT2D eigenvalue weighted by molar-refractivity contribution is 5.88. The topological polar surface area (TPSA) is 183 Å². The summed E-state index contributed by atoms with van der Waals surface area (Å²) in [5.41, 5.74) is -2.08. The molecular weight excluding hydrogens is 851 g/mol. The second-order valence-corrected chi connectivity index (χ2v) is 18.1. The number of hydrogen-bond acceptors (Lipinski definition) is 15. The van der Waals surface area contributed by atoms with Crippen molar-refractivity contribution in [3.05, 3.63) is 0 Å². The van der Waals surface area contributed by atoms with Gasteiger partial charge >= 0.3 is 35.8 Å². The maximum atomic E-state index is 14.2. The predicted octanol–water partition coefficient (Wildman–Crippen LogP) is 10.1. The van der Waals surface area contributed by atoms with E-state index in [1.807, 2.05) is 19.0 Å². The van der Waals surface area contributed by atoms with Crippen LogP contribution >= 0.6 is 0 Å². The zero-order chi connectivity index (χ0) is 48.6. The van der Waals surface area contributed by atoms with E-state index >= 15 is 0 Å². The second-order valence-electron chi connectivity index (χ2n) is 18.1. The van der Waals surface area contributed by atoms with E-state index in [1.54, 1.807) is 0 Å². The summed E-state index contributed by atoms with van der Waals surface area (Å²) in [4.78, 5) is 79.2. The van der Waals surface area contributed by atoms with Crippen molar-refractivity contribution < 1.29 is 66.7 Å². The van der Waals surface area contributed by atoms with Crippen LogP contribution in [0, 0.1) is 0 Å². The number of ether oxygens (including phenoxy) is 8.